The van der Waals surface area contributed by atoms with Gasteiger partial charge in [-0.15, -0.1) is 0 Å². The van der Waals surface area contributed by atoms with Crippen LogP contribution in [0, 0.1) is 0 Å². The molecule has 19 heavy (non-hydrogen) atoms. The van der Waals surface area contributed by atoms with Gasteiger partial charge in [0, 0.05) is 11.1 Å². The van der Waals surface area contributed by atoms with Crippen LogP contribution in [-0.2, 0) is 0 Å². The maximum Gasteiger partial charge on any atom is 0.326 e. The predicted molar refractivity (Wildman–Crippen MR) is 65.8 cm³/mol. The lowest BCUT2D eigenvalue weighted by atomic mass is 10.0. The van der Waals surface area contributed by atoms with Gasteiger partial charge in [-0.3, -0.25) is 0 Å². The molecule has 1 N–H and O–H groups in total. The molecule has 0 fully saturated rings. The molecule has 0 bridgehead atoms. The van der Waals surface area contributed by atoms with Gasteiger partial charge in [-0.1, -0.05) is 23.2 Å². The third kappa shape index (κ3) is 3.24. The molecule has 0 saturated heterocycles. The highest BCUT2D eigenvalue weighted by Crippen LogP contribution is 2.41. The van der Waals surface area contributed by atoms with E-state index in [9.17, 15) is 17.6 Å². The number of ether oxygens (including phenoxy) is 1. The summed E-state index contributed by atoms with van der Waals surface area (Å²) in [5.74, 6) is -4.11. The van der Waals surface area contributed by atoms with Crippen LogP contribution in [0.4, 0.5) is 17.6 Å². The summed E-state index contributed by atoms with van der Waals surface area (Å²) in [5.41, 5.74) is -0.222. The zero-order valence-electron chi connectivity index (χ0n) is 9.99. The first-order chi connectivity index (χ1) is 8.75. The van der Waals surface area contributed by atoms with Gasteiger partial charge in [-0.2, -0.15) is 8.78 Å². The van der Waals surface area contributed by atoms with Crippen molar-refractivity contribution in [2.45, 2.75) is 18.4 Å². The van der Waals surface area contributed by atoms with Crippen LogP contribution in [0.25, 0.3) is 0 Å². The number of alkyl halides is 4. The molecule has 1 atom stereocenters. The Morgan fingerprint density at radius 3 is 2.21 bits per heavy atom. The lowest BCUT2D eigenvalue weighted by Crippen LogP contribution is -2.41. The van der Waals surface area contributed by atoms with Gasteiger partial charge in [-0.05, 0) is 18.7 Å². The normalized spacial score (nSPS) is 13.7. The summed E-state index contributed by atoms with van der Waals surface area (Å²) in [6, 6.07) is 0.328. The Morgan fingerprint density at radius 1 is 1.21 bits per heavy atom. The number of rotatable bonds is 5. The quantitative estimate of drug-likeness (QED) is 0.823. The number of halogens is 6. The molecule has 0 aliphatic heterocycles. The standard InChI is InChI=1S/C11H11Cl2F4NO/c1-18-9(11(16,17)10(14)15)5-3-7(13)8(19-2)4-6(5)12/h3-4,9-10,18H,1-2H3. The molecule has 0 aliphatic rings. The molecule has 0 saturated carbocycles. The smallest absolute Gasteiger partial charge is 0.326 e. The van der Waals surface area contributed by atoms with E-state index in [4.69, 9.17) is 27.9 Å². The van der Waals surface area contributed by atoms with Crippen molar-refractivity contribution in [3.05, 3.63) is 27.7 Å². The van der Waals surface area contributed by atoms with Crippen molar-refractivity contribution in [2.75, 3.05) is 14.2 Å². The Morgan fingerprint density at radius 2 is 1.79 bits per heavy atom. The molecule has 0 amide bonds. The largest absolute Gasteiger partial charge is 0.495 e. The minimum Gasteiger partial charge on any atom is -0.495 e. The maximum absolute atomic E-state index is 13.4. The van der Waals surface area contributed by atoms with E-state index in [-0.39, 0.29) is 21.4 Å². The molecule has 108 valence electrons. The average molecular weight is 320 g/mol. The molecule has 1 aromatic rings. The van der Waals surface area contributed by atoms with E-state index in [1.54, 1.807) is 0 Å². The van der Waals surface area contributed by atoms with E-state index < -0.39 is 18.4 Å². The predicted octanol–water partition coefficient (Wildman–Crippen LogP) is 4.16. The number of hydrogen-bond donors (Lipinski definition) is 1. The molecule has 0 aromatic heterocycles. The molecule has 8 heteroatoms. The maximum atomic E-state index is 13.4. The second-order valence-corrected chi connectivity index (χ2v) is 4.52. The van der Waals surface area contributed by atoms with E-state index in [2.05, 4.69) is 5.32 Å². The fraction of sp³-hybridized carbons (Fsp3) is 0.455. The van der Waals surface area contributed by atoms with Crippen LogP contribution < -0.4 is 10.1 Å². The SMILES string of the molecule is CNC(c1cc(Cl)c(OC)cc1Cl)C(F)(F)C(F)F. The van der Waals surface area contributed by atoms with Crippen LogP contribution in [0.3, 0.4) is 0 Å². The average Bonchev–Trinajstić information content (AvgIpc) is 2.33. The lowest BCUT2D eigenvalue weighted by Gasteiger charge is -2.27. The molecule has 1 aromatic carbocycles. The molecule has 0 aliphatic carbocycles. The van der Waals surface area contributed by atoms with Gasteiger partial charge in [0.05, 0.1) is 12.1 Å². The minimum absolute atomic E-state index is 0.00668. The Bertz CT molecular complexity index is 457. The molecular weight excluding hydrogens is 309 g/mol. The highest BCUT2D eigenvalue weighted by atomic mass is 35.5. The Balaban J connectivity index is 3.31. The summed E-state index contributed by atoms with van der Waals surface area (Å²) >= 11 is 11.6. The Kier molecular flexibility index (Phi) is 5.29. The van der Waals surface area contributed by atoms with Crippen LogP contribution in [-0.4, -0.2) is 26.5 Å². The third-order valence-electron chi connectivity index (χ3n) is 2.55. The zero-order chi connectivity index (χ0) is 14.8. The first-order valence-electron chi connectivity index (χ1n) is 5.11. The second-order valence-electron chi connectivity index (χ2n) is 3.71. The summed E-state index contributed by atoms with van der Waals surface area (Å²) in [7, 11) is 2.45. The Hall–Kier alpha value is -0.720. The first-order valence-corrected chi connectivity index (χ1v) is 5.87. The third-order valence-corrected chi connectivity index (χ3v) is 3.17. The van der Waals surface area contributed by atoms with Crippen LogP contribution >= 0.6 is 23.2 Å². The fourth-order valence-electron chi connectivity index (χ4n) is 1.60. The number of methoxy groups -OCH3 is 1. The molecule has 2 nitrogen and oxygen atoms in total. The zero-order valence-corrected chi connectivity index (χ0v) is 11.5. The molecule has 1 unspecified atom stereocenters. The van der Waals surface area contributed by atoms with E-state index in [1.165, 1.54) is 13.2 Å². The van der Waals surface area contributed by atoms with E-state index in [0.717, 1.165) is 13.1 Å². The van der Waals surface area contributed by atoms with Gasteiger partial charge in [0.15, 0.2) is 0 Å². The van der Waals surface area contributed by atoms with E-state index >= 15 is 0 Å². The summed E-state index contributed by atoms with van der Waals surface area (Å²) in [4.78, 5) is 0. The van der Waals surface area contributed by atoms with Gasteiger partial charge in [0.2, 0.25) is 0 Å². The summed E-state index contributed by atoms with van der Waals surface area (Å²) < 4.78 is 56.6. The Labute approximate surface area is 117 Å². The van der Waals surface area contributed by atoms with Crippen molar-refractivity contribution in [1.29, 1.82) is 0 Å². The van der Waals surface area contributed by atoms with Crippen LogP contribution in [0.1, 0.15) is 11.6 Å². The van der Waals surface area contributed by atoms with Crippen molar-refractivity contribution in [3.8, 4) is 5.75 Å². The molecule has 0 heterocycles. The van der Waals surface area contributed by atoms with Gasteiger partial charge in [-0.25, -0.2) is 8.78 Å². The van der Waals surface area contributed by atoms with Gasteiger partial charge in [0.25, 0.3) is 0 Å². The van der Waals surface area contributed by atoms with Crippen LogP contribution in [0.15, 0.2) is 12.1 Å². The van der Waals surface area contributed by atoms with Crippen molar-refractivity contribution >= 4 is 23.2 Å². The summed E-state index contributed by atoms with van der Waals surface area (Å²) in [6.07, 6.45) is -3.83. The lowest BCUT2D eigenvalue weighted by molar-refractivity contribution is -0.150. The van der Waals surface area contributed by atoms with Crippen molar-refractivity contribution < 1.29 is 22.3 Å². The van der Waals surface area contributed by atoms with Crippen LogP contribution in [0.2, 0.25) is 10.0 Å². The van der Waals surface area contributed by atoms with E-state index in [1.807, 2.05) is 0 Å². The highest BCUT2D eigenvalue weighted by molar-refractivity contribution is 6.34. The van der Waals surface area contributed by atoms with Gasteiger partial charge in [0.1, 0.15) is 11.8 Å². The van der Waals surface area contributed by atoms with Gasteiger partial charge < -0.3 is 10.1 Å². The fourth-order valence-corrected chi connectivity index (χ4v) is 2.11. The molecular formula is C11H11Cl2F4NO. The second kappa shape index (κ2) is 6.15. The first kappa shape index (κ1) is 16.3. The number of benzene rings is 1. The molecule has 0 spiro atoms. The monoisotopic (exact) mass is 319 g/mol. The number of nitrogens with one attached hydrogen (secondary N) is 1. The summed E-state index contributed by atoms with van der Waals surface area (Å²) in [5, 5.41) is 2.00. The van der Waals surface area contributed by atoms with Crippen molar-refractivity contribution in [1.82, 2.24) is 5.32 Å². The van der Waals surface area contributed by atoms with Crippen molar-refractivity contribution in [2.24, 2.45) is 0 Å². The topological polar surface area (TPSA) is 21.3 Å². The van der Waals surface area contributed by atoms with Gasteiger partial charge >= 0.3 is 12.3 Å². The van der Waals surface area contributed by atoms with Crippen molar-refractivity contribution in [3.63, 3.8) is 0 Å². The van der Waals surface area contributed by atoms with E-state index in [0.29, 0.717) is 0 Å². The highest BCUT2D eigenvalue weighted by Gasteiger charge is 2.49. The van der Waals surface area contributed by atoms with Crippen LogP contribution in [0.5, 0.6) is 5.75 Å². The minimum atomic E-state index is -4.28. The molecule has 1 rings (SSSR count). The molecule has 0 radical (unpaired) electrons. The number of hydrogen-bond acceptors (Lipinski definition) is 2. The summed E-state index contributed by atoms with van der Waals surface area (Å²) in [6.45, 7) is 0.